The van der Waals surface area contributed by atoms with E-state index in [9.17, 15) is 61.0 Å². The van der Waals surface area contributed by atoms with Gasteiger partial charge in [0.05, 0.1) is 38.6 Å². The maximum absolute atomic E-state index is 13.4. The van der Waals surface area contributed by atoms with E-state index in [2.05, 4.69) is 92.1 Å². The molecule has 1 amide bonds. The molecule has 19 heteroatoms. The number of unbranched alkanes of at least 4 members (excludes halogenated alkanes) is 29. The van der Waals surface area contributed by atoms with Gasteiger partial charge in [-0.1, -0.05) is 259 Å². The van der Waals surface area contributed by atoms with Crippen LogP contribution in [0.3, 0.4) is 0 Å². The Bertz CT molecular complexity index is 2050. The van der Waals surface area contributed by atoms with Crippen molar-refractivity contribution in [1.82, 2.24) is 5.32 Å². The highest BCUT2D eigenvalue weighted by atomic mass is 16.8. The van der Waals surface area contributed by atoms with Crippen molar-refractivity contribution < 1.29 is 89.4 Å². The van der Waals surface area contributed by atoms with Crippen LogP contribution in [-0.2, 0) is 33.2 Å². The summed E-state index contributed by atoms with van der Waals surface area (Å²) in [5.74, 6) is -0.305. The van der Waals surface area contributed by atoms with E-state index in [-0.39, 0.29) is 18.9 Å². The van der Waals surface area contributed by atoms with Gasteiger partial charge in [0.2, 0.25) is 5.91 Å². The zero-order valence-corrected chi connectivity index (χ0v) is 58.4. The number of amides is 1. The number of aliphatic hydroxyl groups is 11. The minimum absolute atomic E-state index is 0.209. The number of hydrogen-bond acceptors (Lipinski definition) is 18. The quantitative estimate of drug-likeness (QED) is 0.0199. The topological polar surface area (TPSA) is 307 Å². The normalized spacial score (nSPS) is 27.7. The Kier molecular flexibility index (Phi) is 51.4. The molecule has 0 aliphatic carbocycles. The van der Waals surface area contributed by atoms with Gasteiger partial charge in [0, 0.05) is 6.42 Å². The van der Waals surface area contributed by atoms with Crippen molar-refractivity contribution in [3.63, 3.8) is 0 Å². The molecule has 0 saturated carbocycles. The molecule has 0 spiro atoms. The molecule has 12 N–H and O–H groups in total. The van der Waals surface area contributed by atoms with Gasteiger partial charge < -0.3 is 89.9 Å². The number of carbonyl (C=O) groups is 1. The van der Waals surface area contributed by atoms with E-state index < -0.39 is 124 Å². The summed E-state index contributed by atoms with van der Waals surface area (Å²) < 4.78 is 34.4. The van der Waals surface area contributed by atoms with Crippen LogP contribution >= 0.6 is 0 Å². The first-order valence-electron chi connectivity index (χ1n) is 37.3. The Morgan fingerprint density at radius 1 is 0.389 bits per heavy atom. The third-order valence-electron chi connectivity index (χ3n) is 18.2. The number of ether oxygens (including phenoxy) is 6. The van der Waals surface area contributed by atoms with E-state index in [1.54, 1.807) is 6.08 Å². The lowest BCUT2D eigenvalue weighted by Gasteiger charge is -2.48. The molecule has 95 heavy (non-hydrogen) atoms. The van der Waals surface area contributed by atoms with Crippen LogP contribution in [0.4, 0.5) is 0 Å². The summed E-state index contributed by atoms with van der Waals surface area (Å²) in [5.41, 5.74) is 0. The highest BCUT2D eigenvalue weighted by Crippen LogP contribution is 2.33. The number of nitrogens with one attached hydrogen (secondary N) is 1. The fourth-order valence-corrected chi connectivity index (χ4v) is 12.2. The van der Waals surface area contributed by atoms with E-state index in [1.165, 1.54) is 141 Å². The Morgan fingerprint density at radius 2 is 0.737 bits per heavy atom. The van der Waals surface area contributed by atoms with E-state index in [4.69, 9.17) is 28.4 Å². The number of allylic oxidation sites excluding steroid dienone is 13. The molecule has 3 aliphatic heterocycles. The predicted molar refractivity (Wildman–Crippen MR) is 374 cm³/mol. The van der Waals surface area contributed by atoms with E-state index in [0.717, 1.165) is 83.5 Å². The molecule has 550 valence electrons. The van der Waals surface area contributed by atoms with Gasteiger partial charge in [-0.3, -0.25) is 4.79 Å². The van der Waals surface area contributed by atoms with Gasteiger partial charge in [0.1, 0.15) is 73.2 Å². The number of aliphatic hydroxyl groups excluding tert-OH is 11. The molecule has 17 atom stereocenters. The van der Waals surface area contributed by atoms with Crippen molar-refractivity contribution in [2.75, 3.05) is 26.4 Å². The Labute approximate surface area is 571 Å². The Balaban J connectivity index is 1.43. The number of carbonyl (C=O) groups excluding carboxylic acids is 1. The van der Waals surface area contributed by atoms with E-state index >= 15 is 0 Å². The zero-order chi connectivity index (χ0) is 68.9. The molecule has 0 radical (unpaired) electrons. The standard InChI is InChI=1S/C76H133NO18/c1-3-5-7-9-11-13-15-17-19-21-23-25-26-27-28-29-30-31-32-34-35-37-39-41-43-45-47-49-51-53-60(81)59(77-64(82)54-52-50-48-46-44-42-40-38-36-33-24-22-20-18-16-14-12-10-8-6-4-2)58-90-74-70(88)67(85)72(62(56-79)92-74)95-76-71(89)68(86)73(63(57-80)93-76)94-75-69(87)66(84)65(83)61(55-78)91-75/h6,8,12,14,18,20,24,33,38,40,43,45,51,53,59-63,65-76,78-81,83-89H,3-5,7,9-11,13,15-17,19,21-23,25-32,34-37,39,41-42,44,46-50,52,54-58H2,1-2H3,(H,77,82)/b8-6-,14-12-,20-18-,33-24-,40-38-,45-43+,53-51+. The lowest BCUT2D eigenvalue weighted by Crippen LogP contribution is -2.66. The van der Waals surface area contributed by atoms with Crippen LogP contribution in [-0.4, -0.2) is 193 Å². The van der Waals surface area contributed by atoms with Crippen molar-refractivity contribution in [2.24, 2.45) is 0 Å². The van der Waals surface area contributed by atoms with E-state index in [1.807, 2.05) is 6.08 Å². The van der Waals surface area contributed by atoms with Gasteiger partial charge in [-0.05, 0) is 77.0 Å². The zero-order valence-electron chi connectivity index (χ0n) is 58.4. The molecule has 19 nitrogen and oxygen atoms in total. The third kappa shape index (κ3) is 37.8. The monoisotopic (exact) mass is 1350 g/mol. The summed E-state index contributed by atoms with van der Waals surface area (Å²) in [5, 5.41) is 121. The first-order chi connectivity index (χ1) is 46.3. The molecule has 3 saturated heterocycles. The Hall–Kier alpha value is -3.03. The molecule has 3 rings (SSSR count). The molecule has 0 bridgehead atoms. The maximum Gasteiger partial charge on any atom is 0.220 e. The second-order valence-corrected chi connectivity index (χ2v) is 26.4. The van der Waals surface area contributed by atoms with Gasteiger partial charge in [-0.25, -0.2) is 0 Å². The van der Waals surface area contributed by atoms with Crippen LogP contribution in [0.25, 0.3) is 0 Å². The molecule has 3 heterocycles. The van der Waals surface area contributed by atoms with Gasteiger partial charge in [-0.2, -0.15) is 0 Å². The summed E-state index contributed by atoms with van der Waals surface area (Å²) in [6.07, 6.45) is 47.1. The lowest BCUT2D eigenvalue weighted by atomic mass is 9.96. The smallest absolute Gasteiger partial charge is 0.220 e. The minimum Gasteiger partial charge on any atom is -0.394 e. The molecule has 0 aromatic carbocycles. The Morgan fingerprint density at radius 3 is 1.18 bits per heavy atom. The van der Waals surface area contributed by atoms with Crippen molar-refractivity contribution in [1.29, 1.82) is 0 Å². The summed E-state index contributed by atoms with van der Waals surface area (Å²) in [7, 11) is 0. The second-order valence-electron chi connectivity index (χ2n) is 26.4. The average molecular weight is 1350 g/mol. The van der Waals surface area contributed by atoms with Crippen LogP contribution in [0.15, 0.2) is 85.1 Å². The van der Waals surface area contributed by atoms with Gasteiger partial charge >= 0.3 is 0 Å². The van der Waals surface area contributed by atoms with Gasteiger partial charge in [-0.15, -0.1) is 0 Å². The van der Waals surface area contributed by atoms with Crippen molar-refractivity contribution >= 4 is 5.91 Å². The van der Waals surface area contributed by atoms with Gasteiger partial charge in [0.25, 0.3) is 0 Å². The van der Waals surface area contributed by atoms with Crippen LogP contribution in [0.5, 0.6) is 0 Å². The largest absolute Gasteiger partial charge is 0.394 e. The number of hydrogen-bond donors (Lipinski definition) is 12. The highest BCUT2D eigenvalue weighted by Gasteiger charge is 2.53. The molecule has 0 aromatic heterocycles. The molecular weight excluding hydrogens is 1210 g/mol. The van der Waals surface area contributed by atoms with E-state index in [0.29, 0.717) is 12.8 Å². The van der Waals surface area contributed by atoms with Gasteiger partial charge in [0.15, 0.2) is 18.9 Å². The highest BCUT2D eigenvalue weighted by molar-refractivity contribution is 5.76. The molecular formula is C76H133NO18. The van der Waals surface area contributed by atoms with Crippen LogP contribution in [0, 0.1) is 0 Å². The van der Waals surface area contributed by atoms with Crippen LogP contribution in [0.2, 0.25) is 0 Å². The first-order valence-corrected chi connectivity index (χ1v) is 37.3. The molecule has 3 aliphatic rings. The first kappa shape index (κ1) is 86.2. The predicted octanol–water partition coefficient (Wildman–Crippen LogP) is 11.1. The molecule has 3 fully saturated rings. The SMILES string of the molecule is CC/C=C\C/C=C\C/C=C\C/C=C\C/C=C\CCCCCCCC(=O)NC(COC1OC(CO)C(OC2OC(CO)C(OC3OC(CO)C(O)C(O)C3O)C(O)C2O)C(O)C1O)C(O)/C=C/CC/C=C/CCCCCCCCCCCCCCCCCCCCCCCCC. The van der Waals surface area contributed by atoms with Crippen molar-refractivity contribution in [2.45, 2.75) is 362 Å². The van der Waals surface area contributed by atoms with Crippen molar-refractivity contribution in [3.8, 4) is 0 Å². The fourth-order valence-electron chi connectivity index (χ4n) is 12.2. The summed E-state index contributed by atoms with van der Waals surface area (Å²) in [6.45, 7) is 1.60. The number of rotatable bonds is 57. The fraction of sp³-hybridized carbons (Fsp3) is 0.803. The second kappa shape index (κ2) is 56.7. The summed E-state index contributed by atoms with van der Waals surface area (Å²) >= 11 is 0. The van der Waals surface area contributed by atoms with Crippen molar-refractivity contribution in [3.05, 3.63) is 85.1 Å². The molecule has 0 aromatic rings. The summed E-state index contributed by atoms with van der Waals surface area (Å²) in [6, 6.07) is -1.01. The summed E-state index contributed by atoms with van der Waals surface area (Å²) in [4.78, 5) is 13.4. The van der Waals surface area contributed by atoms with Crippen LogP contribution in [0.1, 0.15) is 258 Å². The average Bonchev–Trinajstić information content (AvgIpc) is 0.787. The molecule has 17 unspecified atom stereocenters. The lowest BCUT2D eigenvalue weighted by molar-refractivity contribution is -0.379. The third-order valence-corrected chi connectivity index (χ3v) is 18.2. The van der Waals surface area contributed by atoms with Crippen LogP contribution < -0.4 is 5.32 Å². The minimum atomic E-state index is -1.99. The maximum atomic E-state index is 13.4.